The van der Waals surface area contributed by atoms with E-state index < -0.39 is 0 Å². The third kappa shape index (κ3) is 6.10. The van der Waals surface area contributed by atoms with Gasteiger partial charge in [0.15, 0.2) is 11.5 Å². The molecule has 0 spiro atoms. The summed E-state index contributed by atoms with van der Waals surface area (Å²) in [5.74, 6) is 1.88. The van der Waals surface area contributed by atoms with Crippen molar-refractivity contribution in [3.8, 4) is 11.5 Å². The second-order valence-electron chi connectivity index (χ2n) is 7.23. The molecule has 2 aromatic rings. The van der Waals surface area contributed by atoms with Crippen LogP contribution >= 0.6 is 0 Å². The molecule has 0 aliphatic carbocycles. The molecular formula is C23H31N3O4. The number of aromatic nitrogens is 1. The van der Waals surface area contributed by atoms with Gasteiger partial charge in [-0.2, -0.15) is 0 Å². The van der Waals surface area contributed by atoms with Gasteiger partial charge in [0, 0.05) is 18.7 Å². The number of amides is 1. The summed E-state index contributed by atoms with van der Waals surface area (Å²) >= 11 is 0. The maximum atomic E-state index is 12.7. The van der Waals surface area contributed by atoms with E-state index in [0.29, 0.717) is 42.6 Å². The largest absolute Gasteiger partial charge is 0.493 e. The Morgan fingerprint density at radius 3 is 2.67 bits per heavy atom. The first-order valence-corrected chi connectivity index (χ1v) is 10.6. The molecule has 30 heavy (non-hydrogen) atoms. The minimum Gasteiger partial charge on any atom is -0.493 e. The van der Waals surface area contributed by atoms with Gasteiger partial charge in [-0.25, -0.2) is 4.98 Å². The third-order valence-electron chi connectivity index (χ3n) is 5.02. The monoisotopic (exact) mass is 413 g/mol. The predicted molar refractivity (Wildman–Crippen MR) is 118 cm³/mol. The molecule has 0 radical (unpaired) electrons. The Morgan fingerprint density at radius 1 is 1.13 bits per heavy atom. The zero-order valence-corrected chi connectivity index (χ0v) is 17.9. The Labute approximate surface area is 178 Å². The summed E-state index contributed by atoms with van der Waals surface area (Å²) in [5, 5.41) is 2.88. The Bertz CT molecular complexity index is 805. The van der Waals surface area contributed by atoms with Gasteiger partial charge in [0.25, 0.3) is 5.91 Å². The van der Waals surface area contributed by atoms with E-state index in [0.717, 1.165) is 31.7 Å². The van der Waals surface area contributed by atoms with E-state index in [4.69, 9.17) is 14.2 Å². The first kappa shape index (κ1) is 21.9. The van der Waals surface area contributed by atoms with Crippen LogP contribution in [0.1, 0.15) is 43.0 Å². The number of hydrogen-bond donors (Lipinski definition) is 1. The van der Waals surface area contributed by atoms with Crippen LogP contribution in [-0.4, -0.2) is 50.9 Å². The molecule has 2 heterocycles. The molecule has 1 aromatic carbocycles. The van der Waals surface area contributed by atoms with Crippen LogP contribution in [0.4, 0.5) is 11.5 Å². The summed E-state index contributed by atoms with van der Waals surface area (Å²) in [6, 6.07) is 9.01. The number of nitrogens with zero attached hydrogens (tertiary/aromatic N) is 2. The summed E-state index contributed by atoms with van der Waals surface area (Å²) in [4.78, 5) is 19.3. The molecular weight excluding hydrogens is 382 g/mol. The minimum atomic E-state index is -0.219. The maximum absolute atomic E-state index is 12.7. The van der Waals surface area contributed by atoms with Gasteiger partial charge in [-0.3, -0.25) is 4.79 Å². The van der Waals surface area contributed by atoms with Gasteiger partial charge in [-0.05, 0) is 36.8 Å². The van der Waals surface area contributed by atoms with Gasteiger partial charge in [0.05, 0.1) is 38.8 Å². The smallest absolute Gasteiger partial charge is 0.255 e. The van der Waals surface area contributed by atoms with Gasteiger partial charge < -0.3 is 24.4 Å². The van der Waals surface area contributed by atoms with E-state index >= 15 is 0 Å². The topological polar surface area (TPSA) is 72.9 Å². The number of carbonyl (C=O) groups is 1. The molecule has 1 fully saturated rings. The van der Waals surface area contributed by atoms with Crippen molar-refractivity contribution in [2.75, 3.05) is 50.2 Å². The van der Waals surface area contributed by atoms with E-state index in [-0.39, 0.29) is 5.91 Å². The molecule has 1 aliphatic heterocycles. The summed E-state index contributed by atoms with van der Waals surface area (Å²) in [6.45, 7) is 5.89. The third-order valence-corrected chi connectivity index (χ3v) is 5.02. The zero-order valence-electron chi connectivity index (χ0n) is 17.9. The molecule has 0 bridgehead atoms. The van der Waals surface area contributed by atoms with E-state index in [1.807, 2.05) is 12.1 Å². The van der Waals surface area contributed by atoms with Crippen LogP contribution in [0.2, 0.25) is 0 Å². The molecule has 0 saturated carbocycles. The van der Waals surface area contributed by atoms with Crippen molar-refractivity contribution in [3.05, 3.63) is 42.1 Å². The lowest BCUT2D eigenvalue weighted by Gasteiger charge is -2.27. The Kier molecular flexibility index (Phi) is 8.32. The fourth-order valence-corrected chi connectivity index (χ4v) is 3.28. The van der Waals surface area contributed by atoms with Crippen molar-refractivity contribution in [1.82, 2.24) is 4.98 Å². The number of carbonyl (C=O) groups excluding carboxylic acids is 1. The molecule has 7 nitrogen and oxygen atoms in total. The lowest BCUT2D eigenvalue weighted by atomic mass is 10.2. The predicted octanol–water partition coefficient (Wildman–Crippen LogP) is 4.14. The van der Waals surface area contributed by atoms with Crippen molar-refractivity contribution in [2.24, 2.45) is 0 Å². The number of anilines is 2. The lowest BCUT2D eigenvalue weighted by Crippen LogP contribution is -2.36. The van der Waals surface area contributed by atoms with E-state index in [2.05, 4.69) is 22.1 Å². The van der Waals surface area contributed by atoms with Crippen LogP contribution in [0.15, 0.2) is 36.5 Å². The highest BCUT2D eigenvalue weighted by molar-refractivity contribution is 6.04. The number of methoxy groups -OCH3 is 1. The zero-order chi connectivity index (χ0) is 21.2. The Hall–Kier alpha value is -2.80. The first-order chi connectivity index (χ1) is 14.7. The summed E-state index contributed by atoms with van der Waals surface area (Å²) in [5.41, 5.74) is 1.15. The lowest BCUT2D eigenvalue weighted by molar-refractivity contribution is 0.102. The number of hydrogen-bond acceptors (Lipinski definition) is 6. The minimum absolute atomic E-state index is 0.219. The maximum Gasteiger partial charge on any atom is 0.255 e. The molecule has 1 amide bonds. The molecule has 162 valence electrons. The molecule has 1 aromatic heterocycles. The van der Waals surface area contributed by atoms with Crippen LogP contribution in [0.3, 0.4) is 0 Å². The van der Waals surface area contributed by atoms with Gasteiger partial charge >= 0.3 is 0 Å². The Balaban J connectivity index is 1.57. The normalized spacial score (nSPS) is 13.7. The standard InChI is InChI=1S/C23H31N3O4/c1-3-4-5-6-13-30-20-9-7-18(16-21(20)28-2)23(27)25-19-8-10-22(24-17-19)26-11-14-29-15-12-26/h7-10,16-17H,3-6,11-15H2,1-2H3,(H,25,27). The number of ether oxygens (including phenoxy) is 3. The summed E-state index contributed by atoms with van der Waals surface area (Å²) in [7, 11) is 1.58. The van der Waals surface area contributed by atoms with Crippen molar-refractivity contribution < 1.29 is 19.0 Å². The number of nitrogens with one attached hydrogen (secondary N) is 1. The fraction of sp³-hybridized carbons (Fsp3) is 0.478. The van der Waals surface area contributed by atoms with Crippen LogP contribution in [0.5, 0.6) is 11.5 Å². The van der Waals surface area contributed by atoms with E-state index in [1.54, 1.807) is 31.5 Å². The molecule has 0 atom stereocenters. The highest BCUT2D eigenvalue weighted by Gasteiger charge is 2.14. The molecule has 0 unspecified atom stereocenters. The van der Waals surface area contributed by atoms with Crippen LogP contribution in [0, 0.1) is 0 Å². The molecule has 1 saturated heterocycles. The van der Waals surface area contributed by atoms with Crippen LogP contribution in [-0.2, 0) is 4.74 Å². The highest BCUT2D eigenvalue weighted by Crippen LogP contribution is 2.29. The second-order valence-corrected chi connectivity index (χ2v) is 7.23. The van der Waals surface area contributed by atoms with Gasteiger partial charge in [-0.15, -0.1) is 0 Å². The molecule has 1 N–H and O–H groups in total. The average Bonchev–Trinajstić information content (AvgIpc) is 2.80. The van der Waals surface area contributed by atoms with E-state index in [9.17, 15) is 4.79 Å². The van der Waals surface area contributed by atoms with Gasteiger partial charge in [0.2, 0.25) is 0 Å². The van der Waals surface area contributed by atoms with Gasteiger partial charge in [0.1, 0.15) is 5.82 Å². The number of morpholine rings is 1. The van der Waals surface area contributed by atoms with Crippen molar-refractivity contribution in [3.63, 3.8) is 0 Å². The van der Waals surface area contributed by atoms with Crippen molar-refractivity contribution in [2.45, 2.75) is 32.6 Å². The number of unbranched alkanes of at least 4 members (excludes halogenated alkanes) is 3. The van der Waals surface area contributed by atoms with Crippen molar-refractivity contribution in [1.29, 1.82) is 0 Å². The SMILES string of the molecule is CCCCCCOc1ccc(C(=O)Nc2ccc(N3CCOCC3)nc2)cc1OC. The number of pyridine rings is 1. The van der Waals surface area contributed by atoms with Gasteiger partial charge in [-0.1, -0.05) is 26.2 Å². The molecule has 7 heteroatoms. The quantitative estimate of drug-likeness (QED) is 0.590. The Morgan fingerprint density at radius 2 is 1.97 bits per heavy atom. The van der Waals surface area contributed by atoms with Crippen LogP contribution in [0.25, 0.3) is 0 Å². The number of benzene rings is 1. The summed E-state index contributed by atoms with van der Waals surface area (Å²) < 4.78 is 16.6. The van der Waals surface area contributed by atoms with E-state index in [1.165, 1.54) is 12.8 Å². The second kappa shape index (κ2) is 11.4. The van der Waals surface area contributed by atoms with Crippen molar-refractivity contribution >= 4 is 17.4 Å². The number of rotatable bonds is 10. The average molecular weight is 414 g/mol. The first-order valence-electron chi connectivity index (χ1n) is 10.6. The molecule has 1 aliphatic rings. The fourth-order valence-electron chi connectivity index (χ4n) is 3.28. The van der Waals surface area contributed by atoms with Crippen LogP contribution < -0.4 is 19.7 Å². The highest BCUT2D eigenvalue weighted by atomic mass is 16.5. The summed E-state index contributed by atoms with van der Waals surface area (Å²) in [6.07, 6.45) is 6.23. The molecule has 3 rings (SSSR count).